The van der Waals surface area contributed by atoms with Gasteiger partial charge in [-0.1, -0.05) is 30.3 Å². The molecule has 1 aliphatic heterocycles. The third-order valence-electron chi connectivity index (χ3n) is 4.95. The fourth-order valence-corrected chi connectivity index (χ4v) is 5.06. The van der Waals surface area contributed by atoms with Gasteiger partial charge in [-0.15, -0.1) is 0 Å². The van der Waals surface area contributed by atoms with Gasteiger partial charge in [0, 0.05) is 12.1 Å². The predicted octanol–water partition coefficient (Wildman–Crippen LogP) is 3.98. The van der Waals surface area contributed by atoms with E-state index in [1.807, 2.05) is 48.5 Å². The van der Waals surface area contributed by atoms with E-state index < -0.39 is 10.0 Å². The number of imidazole rings is 1. The first-order chi connectivity index (χ1) is 13.1. The molecular weight excluding hydrogens is 358 g/mol. The van der Waals surface area contributed by atoms with Crippen molar-refractivity contribution in [2.24, 2.45) is 0 Å². The first-order valence-corrected chi connectivity index (χ1v) is 10.2. The van der Waals surface area contributed by atoms with Crippen molar-refractivity contribution in [3.05, 3.63) is 78.4 Å². The normalized spacial score (nSPS) is 13.9. The minimum atomic E-state index is -3.57. The Bertz CT molecular complexity index is 1210. The van der Waals surface area contributed by atoms with Crippen molar-refractivity contribution in [1.29, 1.82) is 0 Å². The number of fused-ring (bicyclic) bond motifs is 2. The van der Waals surface area contributed by atoms with E-state index in [1.54, 1.807) is 24.3 Å². The Morgan fingerprint density at radius 3 is 2.44 bits per heavy atom. The smallest absolute Gasteiger partial charge is 0.264 e. The summed E-state index contributed by atoms with van der Waals surface area (Å²) in [6.07, 6.45) is 0.743. The Balaban J connectivity index is 1.50. The first kappa shape index (κ1) is 16.1. The summed E-state index contributed by atoms with van der Waals surface area (Å²) in [6, 6.07) is 22.4. The molecule has 5 rings (SSSR count). The maximum Gasteiger partial charge on any atom is 0.264 e. The third kappa shape index (κ3) is 2.61. The van der Waals surface area contributed by atoms with E-state index in [4.69, 9.17) is 0 Å². The van der Waals surface area contributed by atoms with Crippen molar-refractivity contribution in [2.75, 3.05) is 10.8 Å². The van der Waals surface area contributed by atoms with Crippen LogP contribution in [0, 0.1) is 0 Å². The SMILES string of the molecule is O=S(=O)(c1ccc(-c2nc3ccccc3[nH]2)cc1)N1CCc2ccccc21. The molecule has 0 saturated carbocycles. The number of anilines is 1. The van der Waals surface area contributed by atoms with Gasteiger partial charge in [-0.25, -0.2) is 13.4 Å². The number of nitrogens with zero attached hydrogens (tertiary/aromatic N) is 2. The van der Waals surface area contributed by atoms with E-state index in [0.29, 0.717) is 11.4 Å². The molecule has 0 saturated heterocycles. The summed E-state index contributed by atoms with van der Waals surface area (Å²) in [6.45, 7) is 0.479. The van der Waals surface area contributed by atoms with E-state index in [1.165, 1.54) is 4.31 Å². The summed E-state index contributed by atoms with van der Waals surface area (Å²) in [7, 11) is -3.57. The molecule has 6 heteroatoms. The Kier molecular flexibility index (Phi) is 3.55. The molecule has 134 valence electrons. The second-order valence-corrected chi connectivity index (χ2v) is 8.45. The summed E-state index contributed by atoms with van der Waals surface area (Å²) in [5.41, 5.74) is 4.54. The molecule has 0 atom stereocenters. The fraction of sp³-hybridized carbons (Fsp3) is 0.0952. The summed E-state index contributed by atoms with van der Waals surface area (Å²) in [4.78, 5) is 8.12. The molecule has 1 aliphatic rings. The highest BCUT2D eigenvalue weighted by Crippen LogP contribution is 2.33. The molecule has 0 fully saturated rings. The van der Waals surface area contributed by atoms with E-state index >= 15 is 0 Å². The molecule has 1 aromatic heterocycles. The lowest BCUT2D eigenvalue weighted by Crippen LogP contribution is -2.29. The average molecular weight is 375 g/mol. The Labute approximate surface area is 157 Å². The molecule has 27 heavy (non-hydrogen) atoms. The van der Waals surface area contributed by atoms with Gasteiger partial charge < -0.3 is 4.98 Å². The van der Waals surface area contributed by atoms with Gasteiger partial charge in [0.05, 0.1) is 21.6 Å². The lowest BCUT2D eigenvalue weighted by Gasteiger charge is -2.19. The summed E-state index contributed by atoms with van der Waals surface area (Å²) in [5, 5.41) is 0. The predicted molar refractivity (Wildman–Crippen MR) is 106 cm³/mol. The maximum atomic E-state index is 13.1. The number of benzene rings is 3. The molecule has 5 nitrogen and oxygen atoms in total. The number of hydrogen-bond donors (Lipinski definition) is 1. The highest BCUT2D eigenvalue weighted by molar-refractivity contribution is 7.92. The largest absolute Gasteiger partial charge is 0.338 e. The molecule has 4 aromatic rings. The second-order valence-electron chi connectivity index (χ2n) is 6.58. The topological polar surface area (TPSA) is 66.1 Å². The van der Waals surface area contributed by atoms with E-state index in [2.05, 4.69) is 9.97 Å². The monoisotopic (exact) mass is 375 g/mol. The number of aromatic nitrogens is 2. The zero-order chi connectivity index (χ0) is 18.4. The van der Waals surface area contributed by atoms with Crippen LogP contribution in [0.1, 0.15) is 5.56 Å². The van der Waals surface area contributed by atoms with E-state index in [9.17, 15) is 8.42 Å². The number of H-pyrrole nitrogens is 1. The van der Waals surface area contributed by atoms with Gasteiger partial charge in [-0.05, 0) is 54.4 Å². The molecule has 0 aliphatic carbocycles. The van der Waals surface area contributed by atoms with Crippen molar-refractivity contribution < 1.29 is 8.42 Å². The highest BCUT2D eigenvalue weighted by Gasteiger charge is 2.30. The Hall–Kier alpha value is -3.12. The number of aromatic amines is 1. The van der Waals surface area contributed by atoms with Crippen molar-refractivity contribution in [3.8, 4) is 11.4 Å². The van der Waals surface area contributed by atoms with Crippen molar-refractivity contribution in [1.82, 2.24) is 9.97 Å². The van der Waals surface area contributed by atoms with E-state index in [-0.39, 0.29) is 0 Å². The quantitative estimate of drug-likeness (QED) is 0.589. The van der Waals surface area contributed by atoms with Crippen LogP contribution >= 0.6 is 0 Å². The van der Waals surface area contributed by atoms with E-state index in [0.717, 1.165) is 40.1 Å². The van der Waals surface area contributed by atoms with Crippen LogP contribution in [0.15, 0.2) is 77.7 Å². The van der Waals surface area contributed by atoms with Crippen LogP contribution < -0.4 is 4.31 Å². The third-order valence-corrected chi connectivity index (χ3v) is 6.78. The molecule has 0 bridgehead atoms. The molecule has 2 heterocycles. The lowest BCUT2D eigenvalue weighted by atomic mass is 10.2. The number of hydrogen-bond acceptors (Lipinski definition) is 3. The molecule has 0 radical (unpaired) electrons. The molecule has 1 N–H and O–H groups in total. The zero-order valence-electron chi connectivity index (χ0n) is 14.5. The second kappa shape index (κ2) is 5.96. The van der Waals surface area contributed by atoms with Crippen LogP contribution in [0.4, 0.5) is 5.69 Å². The molecule has 0 amide bonds. The standard InChI is InChI=1S/C21H17N3O2S/c25-27(26,24-14-13-15-5-1-4-8-20(15)24)17-11-9-16(10-12-17)21-22-18-6-2-3-7-19(18)23-21/h1-12H,13-14H2,(H,22,23). The van der Waals surface area contributed by atoms with Gasteiger partial charge in [0.15, 0.2) is 0 Å². The van der Waals surface area contributed by atoms with Crippen molar-refractivity contribution >= 4 is 26.7 Å². The molecule has 0 unspecified atom stereocenters. The molecule has 0 spiro atoms. The van der Waals surface area contributed by atoms with Crippen LogP contribution in [0.25, 0.3) is 22.4 Å². The van der Waals surface area contributed by atoms with Crippen LogP contribution in [-0.4, -0.2) is 24.9 Å². The van der Waals surface area contributed by atoms with Gasteiger partial charge in [0.25, 0.3) is 10.0 Å². The summed E-state index contributed by atoms with van der Waals surface area (Å²) < 4.78 is 27.7. The summed E-state index contributed by atoms with van der Waals surface area (Å²) in [5.74, 6) is 0.728. The minimum Gasteiger partial charge on any atom is -0.338 e. The number of para-hydroxylation sites is 3. The minimum absolute atomic E-state index is 0.291. The van der Waals surface area contributed by atoms with Gasteiger partial charge in [-0.3, -0.25) is 4.31 Å². The van der Waals surface area contributed by atoms with Gasteiger partial charge in [0.2, 0.25) is 0 Å². The summed E-state index contributed by atoms with van der Waals surface area (Å²) >= 11 is 0. The zero-order valence-corrected chi connectivity index (χ0v) is 15.3. The van der Waals surface area contributed by atoms with Crippen LogP contribution in [0.3, 0.4) is 0 Å². The Morgan fingerprint density at radius 1 is 0.889 bits per heavy atom. The number of rotatable bonds is 3. The maximum absolute atomic E-state index is 13.1. The van der Waals surface area contributed by atoms with Gasteiger partial charge in [0.1, 0.15) is 5.82 Å². The molecule has 3 aromatic carbocycles. The van der Waals surface area contributed by atoms with Crippen molar-refractivity contribution in [2.45, 2.75) is 11.3 Å². The van der Waals surface area contributed by atoms with Crippen LogP contribution in [0.5, 0.6) is 0 Å². The first-order valence-electron chi connectivity index (χ1n) is 8.79. The van der Waals surface area contributed by atoms with Crippen molar-refractivity contribution in [3.63, 3.8) is 0 Å². The van der Waals surface area contributed by atoms with Gasteiger partial charge in [-0.2, -0.15) is 0 Å². The number of nitrogens with one attached hydrogen (secondary N) is 1. The highest BCUT2D eigenvalue weighted by atomic mass is 32.2. The van der Waals surface area contributed by atoms with Crippen LogP contribution in [-0.2, 0) is 16.4 Å². The molecular formula is C21H17N3O2S. The Morgan fingerprint density at radius 2 is 1.63 bits per heavy atom. The van der Waals surface area contributed by atoms with Gasteiger partial charge >= 0.3 is 0 Å². The average Bonchev–Trinajstić information content (AvgIpc) is 3.32. The lowest BCUT2D eigenvalue weighted by molar-refractivity contribution is 0.592. The van der Waals surface area contributed by atoms with Crippen LogP contribution in [0.2, 0.25) is 0 Å². The number of sulfonamides is 1. The fourth-order valence-electron chi connectivity index (χ4n) is 3.56.